The van der Waals surface area contributed by atoms with Crippen molar-refractivity contribution in [1.82, 2.24) is 19.5 Å². The number of rotatable bonds is 3. The van der Waals surface area contributed by atoms with Crippen LogP contribution in [-0.4, -0.2) is 19.5 Å². The summed E-state index contributed by atoms with van der Waals surface area (Å²) in [6.07, 6.45) is 4.68. The largest absolute Gasteiger partial charge is 0.456 e. The molecule has 4 rings (SSSR count). The predicted octanol–water partition coefficient (Wildman–Crippen LogP) is 3.62. The molecule has 2 aromatic carbocycles. The first-order valence-electron chi connectivity index (χ1n) is 7.35. The average Bonchev–Trinajstić information content (AvgIpc) is 3.08. The number of ether oxygens (including phenoxy) is 1. The van der Waals surface area contributed by atoms with Gasteiger partial charge < -0.3 is 4.74 Å². The molecule has 2 aromatic heterocycles. The lowest BCUT2D eigenvalue weighted by molar-refractivity contribution is 0.479. The van der Waals surface area contributed by atoms with Crippen molar-refractivity contribution in [2.24, 2.45) is 0 Å². The number of benzene rings is 2. The van der Waals surface area contributed by atoms with E-state index in [1.807, 2.05) is 0 Å². The third-order valence-electron chi connectivity index (χ3n) is 3.62. The minimum absolute atomic E-state index is 0.345. The van der Waals surface area contributed by atoms with E-state index in [0.717, 1.165) is 5.69 Å². The van der Waals surface area contributed by atoms with Gasteiger partial charge in [0.15, 0.2) is 5.65 Å². The fourth-order valence-electron chi connectivity index (χ4n) is 2.43. The first-order chi connectivity index (χ1) is 12.2. The summed E-state index contributed by atoms with van der Waals surface area (Å²) in [6, 6.07) is 12.9. The van der Waals surface area contributed by atoms with Gasteiger partial charge >= 0.3 is 0 Å². The van der Waals surface area contributed by atoms with Crippen molar-refractivity contribution in [2.75, 3.05) is 0 Å². The maximum atomic E-state index is 13.0. The number of fused-ring (bicyclic) bond motifs is 1. The summed E-state index contributed by atoms with van der Waals surface area (Å²) >= 11 is 0. The van der Waals surface area contributed by atoms with Crippen molar-refractivity contribution in [3.63, 3.8) is 0 Å². The highest BCUT2D eigenvalue weighted by atomic mass is 19.1. The molecule has 0 saturated heterocycles. The van der Waals surface area contributed by atoms with Gasteiger partial charge in [-0.25, -0.2) is 19.3 Å². The highest BCUT2D eigenvalue weighted by Gasteiger charge is 2.10. The lowest BCUT2D eigenvalue weighted by atomic mass is 10.2. The Kier molecular flexibility index (Phi) is 3.56. The molecule has 0 atom stereocenters. The summed E-state index contributed by atoms with van der Waals surface area (Å²) in [5.74, 6) is 0.487. The van der Waals surface area contributed by atoms with Gasteiger partial charge in [0, 0.05) is 0 Å². The summed E-state index contributed by atoms with van der Waals surface area (Å²) in [5.41, 5.74) is 2.38. The standard InChI is InChI=1S/C18H10FN5O/c19-13-1-4-15(5-2-13)25-17-6-3-14(7-12(17)8-20)24-11-23-16-9-21-10-22-18(16)24/h1-7,9-11H. The third-order valence-corrected chi connectivity index (χ3v) is 3.62. The van der Waals surface area contributed by atoms with Crippen LogP contribution >= 0.6 is 0 Å². The topological polar surface area (TPSA) is 76.6 Å². The number of hydrogen-bond acceptors (Lipinski definition) is 5. The van der Waals surface area contributed by atoms with Gasteiger partial charge in [-0.05, 0) is 42.5 Å². The first kappa shape index (κ1) is 14.8. The summed E-state index contributed by atoms with van der Waals surface area (Å²) in [7, 11) is 0. The fourth-order valence-corrected chi connectivity index (χ4v) is 2.43. The molecular formula is C18H10FN5O. The van der Waals surface area contributed by atoms with Crippen molar-refractivity contribution in [3.8, 4) is 23.3 Å². The molecule has 0 radical (unpaired) electrons. The Hall–Kier alpha value is -3.79. The maximum Gasteiger partial charge on any atom is 0.167 e. The van der Waals surface area contributed by atoms with E-state index in [4.69, 9.17) is 4.74 Å². The Balaban J connectivity index is 1.73. The molecule has 2 heterocycles. The molecule has 0 unspecified atom stereocenters. The zero-order valence-electron chi connectivity index (χ0n) is 12.8. The van der Waals surface area contributed by atoms with Gasteiger partial charge in [0.25, 0.3) is 0 Å². The Morgan fingerprint density at radius 2 is 1.92 bits per heavy atom. The molecule has 0 fully saturated rings. The van der Waals surface area contributed by atoms with Crippen LogP contribution in [0.1, 0.15) is 5.56 Å². The summed E-state index contributed by atoms with van der Waals surface area (Å²) in [5, 5.41) is 9.44. The van der Waals surface area contributed by atoms with Crippen LogP contribution in [0.4, 0.5) is 4.39 Å². The van der Waals surface area contributed by atoms with E-state index in [0.29, 0.717) is 28.2 Å². The predicted molar refractivity (Wildman–Crippen MR) is 87.8 cm³/mol. The molecule has 6 nitrogen and oxygen atoms in total. The minimum Gasteiger partial charge on any atom is -0.456 e. The van der Waals surface area contributed by atoms with Crippen LogP contribution in [0.25, 0.3) is 16.9 Å². The highest BCUT2D eigenvalue weighted by Crippen LogP contribution is 2.28. The zero-order chi connectivity index (χ0) is 17.2. The van der Waals surface area contributed by atoms with Gasteiger partial charge in [-0.2, -0.15) is 5.26 Å². The SMILES string of the molecule is N#Cc1cc(-n2cnc3cncnc32)ccc1Oc1ccc(F)cc1. The molecule has 7 heteroatoms. The van der Waals surface area contributed by atoms with Crippen LogP contribution in [0.5, 0.6) is 11.5 Å². The molecule has 0 amide bonds. The van der Waals surface area contributed by atoms with Gasteiger partial charge in [0.2, 0.25) is 0 Å². The monoisotopic (exact) mass is 331 g/mol. The Morgan fingerprint density at radius 3 is 2.72 bits per heavy atom. The summed E-state index contributed by atoms with van der Waals surface area (Å²) in [4.78, 5) is 12.4. The molecule has 0 aliphatic rings. The smallest absolute Gasteiger partial charge is 0.167 e. The number of halogens is 1. The average molecular weight is 331 g/mol. The number of hydrogen-bond donors (Lipinski definition) is 0. The molecule has 25 heavy (non-hydrogen) atoms. The van der Waals surface area contributed by atoms with E-state index in [9.17, 15) is 9.65 Å². The highest BCUT2D eigenvalue weighted by molar-refractivity contribution is 5.72. The van der Waals surface area contributed by atoms with Crippen molar-refractivity contribution < 1.29 is 9.13 Å². The van der Waals surface area contributed by atoms with Crippen LogP contribution in [-0.2, 0) is 0 Å². The molecule has 120 valence electrons. The lowest BCUT2D eigenvalue weighted by Gasteiger charge is -2.10. The van der Waals surface area contributed by atoms with Crippen molar-refractivity contribution >= 4 is 11.2 Å². The second-order valence-electron chi connectivity index (χ2n) is 5.19. The van der Waals surface area contributed by atoms with E-state index in [1.54, 1.807) is 35.3 Å². The first-order valence-corrected chi connectivity index (χ1v) is 7.35. The summed E-state index contributed by atoms with van der Waals surface area (Å²) in [6.45, 7) is 0. The Morgan fingerprint density at radius 1 is 1.08 bits per heavy atom. The van der Waals surface area contributed by atoms with Gasteiger partial charge in [-0.15, -0.1) is 0 Å². The van der Waals surface area contributed by atoms with E-state index in [2.05, 4.69) is 21.0 Å². The van der Waals surface area contributed by atoms with Crippen LogP contribution in [0.2, 0.25) is 0 Å². The van der Waals surface area contributed by atoms with Crippen molar-refractivity contribution in [1.29, 1.82) is 5.26 Å². The van der Waals surface area contributed by atoms with Gasteiger partial charge in [-0.1, -0.05) is 0 Å². The van der Waals surface area contributed by atoms with E-state index in [-0.39, 0.29) is 5.82 Å². The Labute approximate surface area is 141 Å². The second-order valence-corrected chi connectivity index (χ2v) is 5.19. The van der Waals surface area contributed by atoms with Crippen LogP contribution in [0, 0.1) is 17.1 Å². The molecular weight excluding hydrogens is 321 g/mol. The molecule has 0 saturated carbocycles. The number of aromatic nitrogens is 4. The second kappa shape index (κ2) is 6.02. The van der Waals surface area contributed by atoms with Gasteiger partial charge in [-0.3, -0.25) is 4.57 Å². The maximum absolute atomic E-state index is 13.0. The molecule has 0 N–H and O–H groups in total. The normalized spacial score (nSPS) is 10.6. The molecule has 0 spiro atoms. The number of nitrogens with zero attached hydrogens (tertiary/aromatic N) is 5. The number of imidazole rings is 1. The molecule has 0 aliphatic heterocycles. The quantitative estimate of drug-likeness (QED) is 0.573. The molecule has 0 aliphatic carbocycles. The molecule has 0 bridgehead atoms. The number of nitriles is 1. The van der Waals surface area contributed by atoms with Crippen LogP contribution in [0.3, 0.4) is 0 Å². The van der Waals surface area contributed by atoms with E-state index in [1.165, 1.54) is 30.6 Å². The van der Waals surface area contributed by atoms with Crippen LogP contribution < -0.4 is 4.74 Å². The summed E-state index contributed by atoms with van der Waals surface area (Å²) < 4.78 is 20.4. The molecule has 4 aromatic rings. The van der Waals surface area contributed by atoms with Crippen molar-refractivity contribution in [2.45, 2.75) is 0 Å². The minimum atomic E-state index is -0.350. The van der Waals surface area contributed by atoms with Gasteiger partial charge in [0.05, 0.1) is 17.4 Å². The fraction of sp³-hybridized carbons (Fsp3) is 0. The van der Waals surface area contributed by atoms with E-state index < -0.39 is 0 Å². The van der Waals surface area contributed by atoms with Crippen LogP contribution in [0.15, 0.2) is 61.3 Å². The van der Waals surface area contributed by atoms with E-state index >= 15 is 0 Å². The third kappa shape index (κ3) is 2.77. The van der Waals surface area contributed by atoms with Gasteiger partial charge in [0.1, 0.15) is 41.6 Å². The van der Waals surface area contributed by atoms with Crippen molar-refractivity contribution in [3.05, 3.63) is 72.7 Å². The lowest BCUT2D eigenvalue weighted by Crippen LogP contribution is -1.96. The Bertz CT molecular complexity index is 1100. The zero-order valence-corrected chi connectivity index (χ0v) is 12.8.